The van der Waals surface area contributed by atoms with Gasteiger partial charge in [0.25, 0.3) is 0 Å². The number of ether oxygens (including phenoxy) is 1. The summed E-state index contributed by atoms with van der Waals surface area (Å²) in [5.41, 5.74) is 0. The van der Waals surface area contributed by atoms with Gasteiger partial charge in [-0.3, -0.25) is 4.79 Å². The van der Waals surface area contributed by atoms with E-state index in [0.717, 1.165) is 25.3 Å². The highest BCUT2D eigenvalue weighted by Crippen LogP contribution is 2.31. The molecule has 12 heavy (non-hydrogen) atoms. The first-order chi connectivity index (χ1) is 5.75. The van der Waals surface area contributed by atoms with Crippen LogP contribution in [0.15, 0.2) is 0 Å². The zero-order chi connectivity index (χ0) is 9.03. The number of carbonyl (C=O) groups excluding carboxylic acids is 1. The summed E-state index contributed by atoms with van der Waals surface area (Å²) in [7, 11) is 1.45. The van der Waals surface area contributed by atoms with E-state index in [-0.39, 0.29) is 10.7 Å². The highest BCUT2D eigenvalue weighted by Gasteiger charge is 2.39. The van der Waals surface area contributed by atoms with Crippen molar-refractivity contribution < 1.29 is 9.53 Å². The molecule has 70 valence electrons. The van der Waals surface area contributed by atoms with Crippen LogP contribution in [0.4, 0.5) is 0 Å². The minimum Gasteiger partial charge on any atom is -0.468 e. The van der Waals surface area contributed by atoms with Gasteiger partial charge < -0.3 is 10.1 Å². The Morgan fingerprint density at radius 3 is 2.92 bits per heavy atom. The fraction of sp³-hybridized carbons (Fsp3) is 0.875. The minimum atomic E-state index is -0.326. The van der Waals surface area contributed by atoms with E-state index in [0.29, 0.717) is 0 Å². The molecule has 0 saturated carbocycles. The lowest BCUT2D eigenvalue weighted by Crippen LogP contribution is -2.49. The van der Waals surface area contributed by atoms with Gasteiger partial charge >= 0.3 is 5.97 Å². The molecule has 3 nitrogen and oxygen atoms in total. The molecule has 4 heteroatoms. The molecule has 1 unspecified atom stereocenters. The molecule has 1 saturated heterocycles. The summed E-state index contributed by atoms with van der Waals surface area (Å²) in [5.74, 6) is 0.894. The molecule has 0 aromatic heterocycles. The molecule has 0 amide bonds. The predicted octanol–water partition coefficient (Wildman–Crippen LogP) is 0.645. The van der Waals surface area contributed by atoms with E-state index in [2.05, 4.69) is 5.32 Å². The topological polar surface area (TPSA) is 38.3 Å². The maximum atomic E-state index is 11.4. The van der Waals surface area contributed by atoms with E-state index in [1.54, 1.807) is 11.8 Å². The van der Waals surface area contributed by atoms with Crippen LogP contribution in [-0.4, -0.2) is 36.7 Å². The van der Waals surface area contributed by atoms with Crippen LogP contribution in [0.2, 0.25) is 0 Å². The predicted molar refractivity (Wildman–Crippen MR) is 50.4 cm³/mol. The monoisotopic (exact) mass is 189 g/mol. The molecule has 1 aliphatic heterocycles. The van der Waals surface area contributed by atoms with Gasteiger partial charge in [0, 0.05) is 18.8 Å². The normalized spacial score (nSPS) is 29.8. The second kappa shape index (κ2) is 4.14. The summed E-state index contributed by atoms with van der Waals surface area (Å²) in [6, 6.07) is 0. The highest BCUT2D eigenvalue weighted by molar-refractivity contribution is 8.01. The van der Waals surface area contributed by atoms with Gasteiger partial charge in [-0.2, -0.15) is 0 Å². The zero-order valence-corrected chi connectivity index (χ0v) is 8.37. The van der Waals surface area contributed by atoms with Crippen LogP contribution in [-0.2, 0) is 9.53 Å². The Morgan fingerprint density at radius 2 is 2.50 bits per heavy atom. The maximum Gasteiger partial charge on any atom is 0.323 e. The number of hydrogen-bond acceptors (Lipinski definition) is 4. The average molecular weight is 189 g/mol. The van der Waals surface area contributed by atoms with Gasteiger partial charge in [-0.1, -0.05) is 6.92 Å². The van der Waals surface area contributed by atoms with Gasteiger partial charge in [0.1, 0.15) is 4.75 Å². The van der Waals surface area contributed by atoms with E-state index in [4.69, 9.17) is 4.74 Å². The molecular weight excluding hydrogens is 174 g/mol. The Bertz CT molecular complexity index is 166. The van der Waals surface area contributed by atoms with Crippen LogP contribution in [0.5, 0.6) is 0 Å². The smallest absolute Gasteiger partial charge is 0.323 e. The van der Waals surface area contributed by atoms with E-state index >= 15 is 0 Å². The van der Waals surface area contributed by atoms with Gasteiger partial charge in [0.15, 0.2) is 0 Å². The second-order valence-electron chi connectivity index (χ2n) is 2.86. The lowest BCUT2D eigenvalue weighted by Gasteiger charge is -2.33. The summed E-state index contributed by atoms with van der Waals surface area (Å²) in [6.45, 7) is 3.75. The number of thioether (sulfide) groups is 1. The molecule has 0 aliphatic carbocycles. The zero-order valence-electron chi connectivity index (χ0n) is 7.55. The molecule has 0 spiro atoms. The van der Waals surface area contributed by atoms with Gasteiger partial charge in [-0.15, -0.1) is 11.8 Å². The van der Waals surface area contributed by atoms with Crippen LogP contribution in [0.25, 0.3) is 0 Å². The summed E-state index contributed by atoms with van der Waals surface area (Å²) in [6.07, 6.45) is 0.831. The first-order valence-electron chi connectivity index (χ1n) is 4.18. The van der Waals surface area contributed by atoms with Crippen molar-refractivity contribution >= 4 is 17.7 Å². The van der Waals surface area contributed by atoms with Crippen molar-refractivity contribution in [1.29, 1.82) is 0 Å². The van der Waals surface area contributed by atoms with Crippen molar-refractivity contribution in [2.75, 3.05) is 26.0 Å². The van der Waals surface area contributed by atoms with Crippen molar-refractivity contribution in [3.63, 3.8) is 0 Å². The van der Waals surface area contributed by atoms with E-state index in [9.17, 15) is 4.79 Å². The summed E-state index contributed by atoms with van der Waals surface area (Å²) >= 11 is 1.71. The third kappa shape index (κ3) is 1.75. The Kier molecular flexibility index (Phi) is 3.40. The van der Waals surface area contributed by atoms with Crippen LogP contribution in [0, 0.1) is 0 Å². The molecule has 1 aliphatic rings. The van der Waals surface area contributed by atoms with Crippen LogP contribution < -0.4 is 5.32 Å². The second-order valence-corrected chi connectivity index (χ2v) is 4.34. The molecule has 1 heterocycles. The standard InChI is InChI=1S/C8H15NO2S/c1-3-8(7(10)11-2)6-9-4-5-12-8/h9H,3-6H2,1-2H3. The molecule has 0 aromatic rings. The first-order valence-corrected chi connectivity index (χ1v) is 5.17. The van der Waals surface area contributed by atoms with E-state index < -0.39 is 0 Å². The van der Waals surface area contributed by atoms with Crippen LogP contribution in [0.1, 0.15) is 13.3 Å². The van der Waals surface area contributed by atoms with Gasteiger partial charge in [-0.05, 0) is 6.42 Å². The summed E-state index contributed by atoms with van der Waals surface area (Å²) in [5, 5.41) is 3.22. The third-order valence-electron chi connectivity index (χ3n) is 2.20. The number of rotatable bonds is 2. The van der Waals surface area contributed by atoms with Gasteiger partial charge in [0.2, 0.25) is 0 Å². The fourth-order valence-electron chi connectivity index (χ4n) is 1.35. The number of carbonyl (C=O) groups is 1. The molecular formula is C8H15NO2S. The van der Waals surface area contributed by atoms with Crippen LogP contribution >= 0.6 is 11.8 Å². The minimum absolute atomic E-state index is 0.0952. The maximum absolute atomic E-state index is 11.4. The van der Waals surface area contributed by atoms with Crippen molar-refractivity contribution in [3.8, 4) is 0 Å². The molecule has 1 fully saturated rings. The van der Waals surface area contributed by atoms with Crippen molar-refractivity contribution in [3.05, 3.63) is 0 Å². The Labute approximate surface area is 77.2 Å². The van der Waals surface area contributed by atoms with Crippen molar-refractivity contribution in [2.45, 2.75) is 18.1 Å². The number of hydrogen-bond donors (Lipinski definition) is 1. The molecule has 0 aromatic carbocycles. The Hall–Kier alpha value is -0.220. The van der Waals surface area contributed by atoms with Gasteiger partial charge in [-0.25, -0.2) is 0 Å². The Balaban J connectivity index is 2.66. The lowest BCUT2D eigenvalue weighted by molar-refractivity contribution is -0.143. The van der Waals surface area contributed by atoms with Crippen molar-refractivity contribution in [2.24, 2.45) is 0 Å². The third-order valence-corrected chi connectivity index (χ3v) is 3.76. The quantitative estimate of drug-likeness (QED) is 0.647. The summed E-state index contributed by atoms with van der Waals surface area (Å²) < 4.78 is 4.46. The largest absolute Gasteiger partial charge is 0.468 e. The first kappa shape index (κ1) is 9.86. The van der Waals surface area contributed by atoms with Crippen molar-refractivity contribution in [1.82, 2.24) is 5.32 Å². The van der Waals surface area contributed by atoms with Crippen LogP contribution in [0.3, 0.4) is 0 Å². The number of esters is 1. The fourth-order valence-corrected chi connectivity index (χ4v) is 2.59. The number of methoxy groups -OCH3 is 1. The Morgan fingerprint density at radius 1 is 1.75 bits per heavy atom. The molecule has 0 bridgehead atoms. The summed E-state index contributed by atoms with van der Waals surface area (Å²) in [4.78, 5) is 11.4. The molecule has 1 N–H and O–H groups in total. The molecule has 1 rings (SSSR count). The average Bonchev–Trinajstić information content (AvgIpc) is 2.17. The van der Waals surface area contributed by atoms with E-state index in [1.807, 2.05) is 6.92 Å². The molecule has 1 atom stereocenters. The number of nitrogens with one attached hydrogen (secondary N) is 1. The SMILES string of the molecule is CCC1(C(=O)OC)CNCCS1. The lowest BCUT2D eigenvalue weighted by atomic mass is 10.1. The molecule has 0 radical (unpaired) electrons. The highest BCUT2D eigenvalue weighted by atomic mass is 32.2. The van der Waals surface area contributed by atoms with Gasteiger partial charge in [0.05, 0.1) is 7.11 Å². The van der Waals surface area contributed by atoms with E-state index in [1.165, 1.54) is 7.11 Å².